The number of para-hydroxylation sites is 1. The monoisotopic (exact) mass is 613 g/mol. The Balaban J connectivity index is 1.31. The molecule has 9 rings (SSSR count). The molecule has 9 aromatic rings. The van der Waals surface area contributed by atoms with Crippen LogP contribution in [-0.2, 0) is 0 Å². The van der Waals surface area contributed by atoms with Crippen LogP contribution in [0.1, 0.15) is 0 Å². The highest BCUT2D eigenvalue weighted by Gasteiger charge is 2.22. The topological polar surface area (TPSA) is 16.4 Å². The van der Waals surface area contributed by atoms with Crippen molar-refractivity contribution in [2.75, 3.05) is 4.90 Å². The first kappa shape index (κ1) is 27.9. The molecule has 0 saturated carbocycles. The quantitative estimate of drug-likeness (QED) is 0.185. The lowest BCUT2D eigenvalue weighted by atomic mass is 9.93. The minimum Gasteiger partial charge on any atom is -0.455 e. The predicted octanol–water partition coefficient (Wildman–Crippen LogP) is 13.2. The number of rotatable bonds is 6. The number of nitrogens with zero attached hydrogens (tertiary/aromatic N) is 1. The Kier molecular flexibility index (Phi) is 6.84. The molecule has 0 aliphatic carbocycles. The SMILES string of the molecule is c1ccc(-c2cccc(-c3cc4c(oc5cccc(N(c6ccccc6)c6cccc(-c7ccccc7)c6)c54)c4ccccc34)c2)cc1. The van der Waals surface area contributed by atoms with Crippen LogP contribution in [0, 0.1) is 0 Å². The molecular formula is C46H31NO. The van der Waals surface area contributed by atoms with Crippen LogP contribution in [0.25, 0.3) is 66.1 Å². The average Bonchev–Trinajstić information content (AvgIpc) is 3.56. The van der Waals surface area contributed by atoms with Crippen LogP contribution in [0.5, 0.6) is 0 Å². The van der Waals surface area contributed by atoms with E-state index in [4.69, 9.17) is 4.42 Å². The molecule has 0 radical (unpaired) electrons. The van der Waals surface area contributed by atoms with Crippen molar-refractivity contribution in [2.45, 2.75) is 0 Å². The van der Waals surface area contributed by atoms with Crippen molar-refractivity contribution >= 4 is 49.8 Å². The molecule has 2 nitrogen and oxygen atoms in total. The molecule has 0 fully saturated rings. The Morgan fingerprint density at radius 2 is 0.896 bits per heavy atom. The molecule has 1 heterocycles. The number of fused-ring (bicyclic) bond motifs is 5. The van der Waals surface area contributed by atoms with Gasteiger partial charge in [-0.25, -0.2) is 0 Å². The molecule has 0 amide bonds. The largest absolute Gasteiger partial charge is 0.455 e. The van der Waals surface area contributed by atoms with Gasteiger partial charge in [0, 0.05) is 22.1 Å². The third-order valence-corrected chi connectivity index (χ3v) is 9.23. The number of hydrogen-bond donors (Lipinski definition) is 0. The predicted molar refractivity (Wildman–Crippen MR) is 202 cm³/mol. The molecule has 8 aromatic carbocycles. The lowest BCUT2D eigenvalue weighted by Gasteiger charge is -2.26. The normalized spacial score (nSPS) is 11.3. The summed E-state index contributed by atoms with van der Waals surface area (Å²) in [6, 6.07) is 66.8. The van der Waals surface area contributed by atoms with Gasteiger partial charge in [-0.3, -0.25) is 0 Å². The lowest BCUT2D eigenvalue weighted by molar-refractivity contribution is 0.672. The second kappa shape index (κ2) is 11.8. The minimum absolute atomic E-state index is 0.864. The molecule has 0 bridgehead atoms. The Morgan fingerprint density at radius 3 is 1.62 bits per heavy atom. The zero-order chi connectivity index (χ0) is 31.9. The zero-order valence-electron chi connectivity index (χ0n) is 26.3. The first-order valence-corrected chi connectivity index (χ1v) is 16.4. The van der Waals surface area contributed by atoms with E-state index in [1.807, 2.05) is 0 Å². The molecule has 0 unspecified atom stereocenters. The first-order valence-electron chi connectivity index (χ1n) is 16.4. The van der Waals surface area contributed by atoms with E-state index in [2.05, 4.69) is 193 Å². The average molecular weight is 614 g/mol. The van der Waals surface area contributed by atoms with Crippen LogP contribution in [0.15, 0.2) is 192 Å². The van der Waals surface area contributed by atoms with Gasteiger partial charge in [-0.2, -0.15) is 0 Å². The molecule has 0 saturated heterocycles. The summed E-state index contributed by atoms with van der Waals surface area (Å²) in [5.74, 6) is 0. The van der Waals surface area contributed by atoms with Crippen molar-refractivity contribution < 1.29 is 4.42 Å². The van der Waals surface area contributed by atoms with Crippen LogP contribution in [0.4, 0.5) is 17.1 Å². The summed E-state index contributed by atoms with van der Waals surface area (Å²) in [4.78, 5) is 2.36. The van der Waals surface area contributed by atoms with Crippen LogP contribution < -0.4 is 4.90 Å². The van der Waals surface area contributed by atoms with Crippen LogP contribution in [0.2, 0.25) is 0 Å². The van der Waals surface area contributed by atoms with Crippen molar-refractivity contribution in [3.05, 3.63) is 188 Å². The third kappa shape index (κ3) is 4.83. The van der Waals surface area contributed by atoms with Crippen molar-refractivity contribution in [1.82, 2.24) is 0 Å². The number of benzene rings is 8. The summed E-state index contributed by atoms with van der Waals surface area (Å²) < 4.78 is 6.78. The van der Waals surface area contributed by atoms with Gasteiger partial charge in [0.1, 0.15) is 11.2 Å². The molecule has 0 atom stereocenters. The summed E-state index contributed by atoms with van der Waals surface area (Å²) in [5.41, 5.74) is 12.1. The molecule has 0 N–H and O–H groups in total. The molecule has 48 heavy (non-hydrogen) atoms. The molecule has 0 aliphatic rings. The Hall–Kier alpha value is -6.38. The van der Waals surface area contributed by atoms with Crippen molar-refractivity contribution in [3.63, 3.8) is 0 Å². The van der Waals surface area contributed by atoms with Gasteiger partial charge >= 0.3 is 0 Å². The number of anilines is 3. The van der Waals surface area contributed by atoms with Crippen molar-refractivity contribution in [2.24, 2.45) is 0 Å². The van der Waals surface area contributed by atoms with Gasteiger partial charge < -0.3 is 9.32 Å². The lowest BCUT2D eigenvalue weighted by Crippen LogP contribution is -2.10. The maximum atomic E-state index is 6.78. The molecule has 226 valence electrons. The highest BCUT2D eigenvalue weighted by Crippen LogP contribution is 2.46. The highest BCUT2D eigenvalue weighted by molar-refractivity contribution is 6.22. The van der Waals surface area contributed by atoms with Crippen LogP contribution in [-0.4, -0.2) is 0 Å². The van der Waals surface area contributed by atoms with E-state index >= 15 is 0 Å². The molecule has 2 heteroatoms. The van der Waals surface area contributed by atoms with E-state index in [1.54, 1.807) is 0 Å². The van der Waals surface area contributed by atoms with Crippen molar-refractivity contribution in [1.29, 1.82) is 0 Å². The molecular weight excluding hydrogens is 583 g/mol. The molecule has 0 aliphatic heterocycles. The Bertz CT molecular complexity index is 2550. The van der Waals surface area contributed by atoms with E-state index in [0.29, 0.717) is 0 Å². The first-order chi connectivity index (χ1) is 23.8. The standard InChI is InChI=1S/C46H31NO/c1-4-15-32(16-5-1)34-19-12-21-36(29-34)41-31-42-45-43(27-14-28-44(45)48-46(42)40-26-11-10-25-39(40)41)47(37-22-8-3-9-23-37)38-24-13-20-35(30-38)33-17-6-2-7-18-33/h1-31H. The maximum absolute atomic E-state index is 6.78. The fraction of sp³-hybridized carbons (Fsp3) is 0. The summed E-state index contributed by atoms with van der Waals surface area (Å²) >= 11 is 0. The van der Waals surface area contributed by atoms with Gasteiger partial charge in [0.05, 0.1) is 11.1 Å². The van der Waals surface area contributed by atoms with Gasteiger partial charge in [-0.1, -0.05) is 140 Å². The smallest absolute Gasteiger partial charge is 0.143 e. The Morgan fingerprint density at radius 1 is 0.354 bits per heavy atom. The fourth-order valence-electron chi connectivity index (χ4n) is 7.01. The molecule has 0 spiro atoms. The van der Waals surface area contributed by atoms with E-state index in [0.717, 1.165) is 44.4 Å². The summed E-state index contributed by atoms with van der Waals surface area (Å²) in [5, 5.41) is 4.47. The van der Waals surface area contributed by atoms with Gasteiger partial charge in [-0.05, 0) is 87.3 Å². The fourth-order valence-corrected chi connectivity index (χ4v) is 7.01. The van der Waals surface area contributed by atoms with Gasteiger partial charge in [0.2, 0.25) is 0 Å². The van der Waals surface area contributed by atoms with Crippen molar-refractivity contribution in [3.8, 4) is 33.4 Å². The Labute approximate surface area is 279 Å². The third-order valence-electron chi connectivity index (χ3n) is 9.23. The van der Waals surface area contributed by atoms with Gasteiger partial charge in [0.25, 0.3) is 0 Å². The highest BCUT2D eigenvalue weighted by atomic mass is 16.3. The summed E-state index contributed by atoms with van der Waals surface area (Å²) in [6.45, 7) is 0. The molecule has 1 aromatic heterocycles. The van der Waals surface area contributed by atoms with E-state index < -0.39 is 0 Å². The van der Waals surface area contributed by atoms with Gasteiger partial charge in [-0.15, -0.1) is 0 Å². The second-order valence-corrected chi connectivity index (χ2v) is 12.1. The van der Waals surface area contributed by atoms with Gasteiger partial charge in [0.15, 0.2) is 0 Å². The summed E-state index contributed by atoms with van der Waals surface area (Å²) in [7, 11) is 0. The van der Waals surface area contributed by atoms with Crippen LogP contribution >= 0.6 is 0 Å². The minimum atomic E-state index is 0.864. The number of furan rings is 1. The van der Waals surface area contributed by atoms with E-state index in [9.17, 15) is 0 Å². The van der Waals surface area contributed by atoms with E-state index in [1.165, 1.54) is 38.8 Å². The second-order valence-electron chi connectivity index (χ2n) is 12.1. The number of hydrogen-bond acceptors (Lipinski definition) is 2. The van der Waals surface area contributed by atoms with Crippen LogP contribution in [0.3, 0.4) is 0 Å². The van der Waals surface area contributed by atoms with E-state index in [-0.39, 0.29) is 0 Å². The maximum Gasteiger partial charge on any atom is 0.143 e. The zero-order valence-corrected chi connectivity index (χ0v) is 26.3. The summed E-state index contributed by atoms with van der Waals surface area (Å²) in [6.07, 6.45) is 0.